The SMILES string of the molecule is CC=CC1C(=O)c2cc(C#N)ccc2N1CC(F)(F)F. The maximum atomic E-state index is 12.7. The lowest BCUT2D eigenvalue weighted by Crippen LogP contribution is -2.40. The number of ketones is 1. The number of alkyl halides is 3. The monoisotopic (exact) mass is 280 g/mol. The topological polar surface area (TPSA) is 44.1 Å². The number of Topliss-reactive ketones (excluding diaryl/α,β-unsaturated/α-hetero) is 1. The number of rotatable bonds is 2. The molecule has 0 N–H and O–H groups in total. The molecule has 1 unspecified atom stereocenters. The molecule has 0 saturated heterocycles. The molecule has 104 valence electrons. The van der Waals surface area contributed by atoms with E-state index in [0.29, 0.717) is 0 Å². The lowest BCUT2D eigenvalue weighted by atomic mass is 10.1. The Bertz CT molecular complexity index is 614. The van der Waals surface area contributed by atoms with Crippen LogP contribution in [-0.2, 0) is 0 Å². The van der Waals surface area contributed by atoms with Crippen molar-refractivity contribution in [2.24, 2.45) is 0 Å². The van der Waals surface area contributed by atoms with Gasteiger partial charge in [0.1, 0.15) is 12.6 Å². The Balaban J connectivity index is 2.50. The van der Waals surface area contributed by atoms with Gasteiger partial charge in [0.05, 0.1) is 11.6 Å². The number of hydrogen-bond donors (Lipinski definition) is 0. The van der Waals surface area contributed by atoms with Gasteiger partial charge in [0.2, 0.25) is 0 Å². The van der Waals surface area contributed by atoms with E-state index in [9.17, 15) is 18.0 Å². The molecule has 0 aromatic heterocycles. The maximum absolute atomic E-state index is 12.7. The number of benzene rings is 1. The molecule has 1 heterocycles. The van der Waals surface area contributed by atoms with Crippen molar-refractivity contribution in [1.29, 1.82) is 5.26 Å². The second kappa shape index (κ2) is 5.00. The Morgan fingerprint density at radius 3 is 2.70 bits per heavy atom. The number of anilines is 1. The first-order chi connectivity index (χ1) is 9.37. The molecule has 6 heteroatoms. The van der Waals surface area contributed by atoms with Gasteiger partial charge in [0.15, 0.2) is 5.78 Å². The predicted molar refractivity (Wildman–Crippen MR) is 67.5 cm³/mol. The highest BCUT2D eigenvalue weighted by Gasteiger charge is 2.41. The molecular weight excluding hydrogens is 269 g/mol. The molecule has 0 spiro atoms. The summed E-state index contributed by atoms with van der Waals surface area (Å²) in [6.45, 7) is 0.440. The van der Waals surface area contributed by atoms with Crippen LogP contribution < -0.4 is 4.90 Å². The molecule has 0 amide bonds. The summed E-state index contributed by atoms with van der Waals surface area (Å²) in [4.78, 5) is 13.2. The average Bonchev–Trinajstić information content (AvgIpc) is 2.62. The minimum Gasteiger partial charge on any atom is -0.348 e. The minimum atomic E-state index is -4.41. The van der Waals surface area contributed by atoms with E-state index in [2.05, 4.69) is 0 Å². The molecule has 1 aliphatic rings. The summed E-state index contributed by atoms with van der Waals surface area (Å²) in [5.41, 5.74) is 0.635. The summed E-state index contributed by atoms with van der Waals surface area (Å²) >= 11 is 0. The van der Waals surface area contributed by atoms with Gasteiger partial charge in [-0.15, -0.1) is 0 Å². The molecule has 0 fully saturated rings. The highest BCUT2D eigenvalue weighted by atomic mass is 19.4. The molecule has 1 aromatic rings. The maximum Gasteiger partial charge on any atom is 0.405 e. The number of nitrogens with zero attached hydrogens (tertiary/aromatic N) is 2. The molecule has 3 nitrogen and oxygen atoms in total. The van der Waals surface area contributed by atoms with E-state index in [1.807, 2.05) is 6.07 Å². The fraction of sp³-hybridized carbons (Fsp3) is 0.286. The Morgan fingerprint density at radius 2 is 2.15 bits per heavy atom. The first-order valence-electron chi connectivity index (χ1n) is 5.92. The molecule has 20 heavy (non-hydrogen) atoms. The molecule has 0 saturated carbocycles. The molecule has 0 aliphatic carbocycles. The van der Waals surface area contributed by atoms with Crippen LogP contribution in [0.1, 0.15) is 22.8 Å². The van der Waals surface area contributed by atoms with Crippen molar-refractivity contribution in [2.75, 3.05) is 11.4 Å². The van der Waals surface area contributed by atoms with Crippen molar-refractivity contribution >= 4 is 11.5 Å². The zero-order chi connectivity index (χ0) is 14.9. The van der Waals surface area contributed by atoms with Gasteiger partial charge in [-0.1, -0.05) is 12.2 Å². The van der Waals surface area contributed by atoms with E-state index in [4.69, 9.17) is 5.26 Å². The third-order valence-corrected chi connectivity index (χ3v) is 3.03. The Hall–Kier alpha value is -2.29. The van der Waals surface area contributed by atoms with Crippen molar-refractivity contribution in [1.82, 2.24) is 0 Å². The Morgan fingerprint density at radius 1 is 1.45 bits per heavy atom. The van der Waals surface area contributed by atoms with Gasteiger partial charge in [0.25, 0.3) is 0 Å². The normalized spacial score (nSPS) is 18.4. The number of allylic oxidation sites excluding steroid dienone is 1. The highest BCUT2D eigenvalue weighted by Crippen LogP contribution is 2.35. The zero-order valence-corrected chi connectivity index (χ0v) is 10.6. The fourth-order valence-corrected chi connectivity index (χ4v) is 2.25. The summed E-state index contributed by atoms with van der Waals surface area (Å²) in [5, 5.41) is 8.81. The van der Waals surface area contributed by atoms with Crippen LogP contribution in [-0.4, -0.2) is 24.5 Å². The summed E-state index contributed by atoms with van der Waals surface area (Å²) in [6, 6.07) is 5.05. The van der Waals surface area contributed by atoms with Gasteiger partial charge in [-0.3, -0.25) is 4.79 Å². The van der Waals surface area contributed by atoms with Crippen molar-refractivity contribution in [3.05, 3.63) is 41.5 Å². The summed E-state index contributed by atoms with van der Waals surface area (Å²) in [7, 11) is 0. The van der Waals surface area contributed by atoms with Crippen LogP contribution >= 0.6 is 0 Å². The third kappa shape index (κ3) is 2.52. The number of carbonyl (C=O) groups is 1. The van der Waals surface area contributed by atoms with Crippen molar-refractivity contribution in [3.8, 4) is 6.07 Å². The minimum absolute atomic E-state index is 0.163. The molecule has 1 aromatic carbocycles. The van der Waals surface area contributed by atoms with Crippen LogP contribution in [0.25, 0.3) is 0 Å². The second-order valence-corrected chi connectivity index (χ2v) is 4.42. The van der Waals surface area contributed by atoms with Gasteiger partial charge in [-0.2, -0.15) is 18.4 Å². The van der Waals surface area contributed by atoms with Crippen molar-refractivity contribution in [3.63, 3.8) is 0 Å². The number of carbonyl (C=O) groups excluding carboxylic acids is 1. The number of hydrogen-bond acceptors (Lipinski definition) is 3. The van der Waals surface area contributed by atoms with Crippen LogP contribution in [0.2, 0.25) is 0 Å². The van der Waals surface area contributed by atoms with Crippen molar-refractivity contribution < 1.29 is 18.0 Å². The molecule has 1 aliphatic heterocycles. The zero-order valence-electron chi connectivity index (χ0n) is 10.6. The first-order valence-corrected chi connectivity index (χ1v) is 5.92. The molecule has 1 atom stereocenters. The van der Waals surface area contributed by atoms with Crippen LogP contribution in [0.5, 0.6) is 0 Å². The van der Waals surface area contributed by atoms with Crippen molar-refractivity contribution in [2.45, 2.75) is 19.1 Å². The quantitative estimate of drug-likeness (QED) is 0.782. The predicted octanol–water partition coefficient (Wildman–Crippen LogP) is 3.07. The summed E-state index contributed by atoms with van der Waals surface area (Å²) in [6.07, 6.45) is -1.43. The summed E-state index contributed by atoms with van der Waals surface area (Å²) < 4.78 is 38.0. The Labute approximate surface area is 113 Å². The lowest BCUT2D eigenvalue weighted by molar-refractivity contribution is -0.119. The smallest absolute Gasteiger partial charge is 0.348 e. The average molecular weight is 280 g/mol. The van der Waals surface area contributed by atoms with Crippen LogP contribution in [0, 0.1) is 11.3 Å². The molecule has 2 rings (SSSR count). The fourth-order valence-electron chi connectivity index (χ4n) is 2.25. The second-order valence-electron chi connectivity index (χ2n) is 4.42. The van der Waals surface area contributed by atoms with E-state index < -0.39 is 24.5 Å². The van der Waals surface area contributed by atoms with E-state index in [1.165, 1.54) is 24.3 Å². The Kier molecular flexibility index (Phi) is 3.53. The number of fused-ring (bicyclic) bond motifs is 1. The largest absolute Gasteiger partial charge is 0.405 e. The van der Waals surface area contributed by atoms with E-state index >= 15 is 0 Å². The molecule has 0 bridgehead atoms. The van der Waals surface area contributed by atoms with Crippen LogP contribution in [0.3, 0.4) is 0 Å². The third-order valence-electron chi connectivity index (χ3n) is 3.03. The van der Waals surface area contributed by atoms with E-state index in [-0.39, 0.29) is 16.8 Å². The van der Waals surface area contributed by atoms with Crippen LogP contribution in [0.15, 0.2) is 30.4 Å². The lowest BCUT2D eigenvalue weighted by Gasteiger charge is -2.25. The number of nitriles is 1. The summed E-state index contributed by atoms with van der Waals surface area (Å²) in [5.74, 6) is -0.417. The van der Waals surface area contributed by atoms with Gasteiger partial charge >= 0.3 is 6.18 Å². The van der Waals surface area contributed by atoms with Crippen LogP contribution in [0.4, 0.5) is 18.9 Å². The first kappa shape index (κ1) is 14.1. The van der Waals surface area contributed by atoms with E-state index in [1.54, 1.807) is 13.0 Å². The highest BCUT2D eigenvalue weighted by molar-refractivity contribution is 6.12. The van der Waals surface area contributed by atoms with Gasteiger partial charge in [-0.25, -0.2) is 0 Å². The standard InChI is InChI=1S/C14H11F3N2O/c1-2-3-12-13(20)10-6-9(7-18)4-5-11(10)19(12)8-14(15,16)17/h2-6,12H,8H2,1H3. The van der Waals surface area contributed by atoms with Gasteiger partial charge in [0, 0.05) is 11.3 Å². The van der Waals surface area contributed by atoms with Gasteiger partial charge in [-0.05, 0) is 25.1 Å². The van der Waals surface area contributed by atoms with Gasteiger partial charge < -0.3 is 4.90 Å². The molecule has 0 radical (unpaired) electrons. The van der Waals surface area contributed by atoms with E-state index in [0.717, 1.165) is 4.90 Å². The molecular formula is C14H11F3N2O. The number of halogens is 3.